The quantitative estimate of drug-likeness (QED) is 0.618. The van der Waals surface area contributed by atoms with Crippen LogP contribution in [0.5, 0.6) is 0 Å². The summed E-state index contributed by atoms with van der Waals surface area (Å²) in [5, 5.41) is 5.68. The molecule has 2 amide bonds. The molecule has 5 heteroatoms. The second kappa shape index (κ2) is 7.97. The molecule has 0 bridgehead atoms. The van der Waals surface area contributed by atoms with E-state index in [0.717, 1.165) is 10.0 Å². The fraction of sp³-hybridized carbons (Fsp3) is 0.0476. The van der Waals surface area contributed by atoms with E-state index in [1.54, 1.807) is 42.5 Å². The van der Waals surface area contributed by atoms with Crippen molar-refractivity contribution < 1.29 is 9.59 Å². The first kappa shape index (κ1) is 17.9. The Morgan fingerprint density at radius 2 is 1.42 bits per heavy atom. The Balaban J connectivity index is 1.83. The van der Waals surface area contributed by atoms with Crippen LogP contribution in [0, 0.1) is 6.92 Å². The lowest BCUT2D eigenvalue weighted by Gasteiger charge is -2.12. The summed E-state index contributed by atoms with van der Waals surface area (Å²) in [6, 6.07) is 21.6. The number of anilines is 2. The Morgan fingerprint density at radius 3 is 2.15 bits per heavy atom. The zero-order valence-electron chi connectivity index (χ0n) is 14.1. The number of aryl methyl sites for hydroxylation is 1. The van der Waals surface area contributed by atoms with Crippen LogP contribution in [0.15, 0.2) is 77.3 Å². The highest BCUT2D eigenvalue weighted by Gasteiger charge is 2.15. The monoisotopic (exact) mass is 408 g/mol. The Hall–Kier alpha value is -2.92. The molecule has 0 aliphatic heterocycles. The van der Waals surface area contributed by atoms with Gasteiger partial charge in [-0.15, -0.1) is 0 Å². The largest absolute Gasteiger partial charge is 0.321 e. The molecule has 0 saturated heterocycles. The molecule has 3 rings (SSSR count). The molecule has 0 fully saturated rings. The van der Waals surface area contributed by atoms with E-state index in [2.05, 4.69) is 26.6 Å². The van der Waals surface area contributed by atoms with Crippen molar-refractivity contribution >= 4 is 39.1 Å². The topological polar surface area (TPSA) is 58.2 Å². The first-order chi connectivity index (χ1) is 12.5. The molecule has 3 aromatic carbocycles. The molecular weight excluding hydrogens is 392 g/mol. The van der Waals surface area contributed by atoms with Gasteiger partial charge >= 0.3 is 0 Å². The van der Waals surface area contributed by atoms with Gasteiger partial charge < -0.3 is 10.6 Å². The maximum absolute atomic E-state index is 12.7. The van der Waals surface area contributed by atoms with Crippen molar-refractivity contribution in [3.05, 3.63) is 94.0 Å². The summed E-state index contributed by atoms with van der Waals surface area (Å²) in [5.41, 5.74) is 3.06. The number of carbonyl (C=O) groups is 2. The lowest BCUT2D eigenvalue weighted by atomic mass is 10.1. The van der Waals surface area contributed by atoms with Gasteiger partial charge in [0.15, 0.2) is 0 Å². The van der Waals surface area contributed by atoms with E-state index < -0.39 is 0 Å². The predicted molar refractivity (Wildman–Crippen MR) is 108 cm³/mol. The molecule has 0 spiro atoms. The van der Waals surface area contributed by atoms with Crippen molar-refractivity contribution in [3.8, 4) is 0 Å². The van der Waals surface area contributed by atoms with Gasteiger partial charge in [-0.3, -0.25) is 9.59 Å². The minimum Gasteiger partial charge on any atom is -0.321 e. The third-order valence-corrected chi connectivity index (χ3v) is 4.51. The normalized spacial score (nSPS) is 10.2. The van der Waals surface area contributed by atoms with E-state index in [-0.39, 0.29) is 11.8 Å². The van der Waals surface area contributed by atoms with Gasteiger partial charge in [0.05, 0.1) is 16.9 Å². The van der Waals surface area contributed by atoms with Crippen molar-refractivity contribution in [3.63, 3.8) is 0 Å². The lowest BCUT2D eigenvalue weighted by Crippen LogP contribution is -2.18. The molecule has 4 nitrogen and oxygen atoms in total. The zero-order valence-corrected chi connectivity index (χ0v) is 15.7. The SMILES string of the molecule is Cc1cccc(C(=O)Nc2ccccc2C(=O)Nc2ccccc2Br)c1. The molecule has 3 aromatic rings. The number of benzene rings is 3. The summed E-state index contributed by atoms with van der Waals surface area (Å²) in [6.07, 6.45) is 0. The predicted octanol–water partition coefficient (Wildman–Crippen LogP) is 5.26. The number of rotatable bonds is 4. The number of hydrogen-bond donors (Lipinski definition) is 2. The van der Waals surface area contributed by atoms with E-state index in [0.29, 0.717) is 22.5 Å². The lowest BCUT2D eigenvalue weighted by molar-refractivity contribution is 0.102. The third-order valence-electron chi connectivity index (χ3n) is 3.82. The van der Waals surface area contributed by atoms with Crippen LogP contribution in [-0.4, -0.2) is 11.8 Å². The summed E-state index contributed by atoms with van der Waals surface area (Å²) >= 11 is 3.41. The molecule has 0 aliphatic carbocycles. The van der Waals surface area contributed by atoms with Gasteiger partial charge in [-0.1, -0.05) is 42.0 Å². The second-order valence-electron chi connectivity index (χ2n) is 5.80. The van der Waals surface area contributed by atoms with Crippen LogP contribution in [-0.2, 0) is 0 Å². The van der Waals surface area contributed by atoms with Gasteiger partial charge in [-0.05, 0) is 59.3 Å². The van der Waals surface area contributed by atoms with Crippen molar-refractivity contribution in [2.75, 3.05) is 10.6 Å². The fourth-order valence-electron chi connectivity index (χ4n) is 2.52. The van der Waals surface area contributed by atoms with E-state index in [9.17, 15) is 9.59 Å². The van der Waals surface area contributed by atoms with Crippen molar-refractivity contribution in [1.29, 1.82) is 0 Å². The second-order valence-corrected chi connectivity index (χ2v) is 6.66. The smallest absolute Gasteiger partial charge is 0.257 e. The van der Waals surface area contributed by atoms with E-state index in [4.69, 9.17) is 0 Å². The van der Waals surface area contributed by atoms with Crippen molar-refractivity contribution in [1.82, 2.24) is 0 Å². The molecule has 2 N–H and O–H groups in total. The molecule has 0 aliphatic rings. The Bertz CT molecular complexity index is 969. The third kappa shape index (κ3) is 4.18. The first-order valence-electron chi connectivity index (χ1n) is 8.07. The average Bonchev–Trinajstić information content (AvgIpc) is 2.64. The van der Waals surface area contributed by atoms with Gasteiger partial charge in [-0.25, -0.2) is 0 Å². The zero-order chi connectivity index (χ0) is 18.5. The Kier molecular flexibility index (Phi) is 5.49. The Labute approximate surface area is 160 Å². The standard InChI is InChI=1S/C21H17BrN2O2/c1-14-7-6-8-15(13-14)20(25)23-18-11-4-2-9-16(18)21(26)24-19-12-5-3-10-17(19)22/h2-13H,1H3,(H,23,25)(H,24,26). The highest BCUT2D eigenvalue weighted by atomic mass is 79.9. The van der Waals surface area contributed by atoms with E-state index in [1.807, 2.05) is 37.3 Å². The summed E-state index contributed by atoms with van der Waals surface area (Å²) in [5.74, 6) is -0.549. The molecule has 0 heterocycles. The van der Waals surface area contributed by atoms with Crippen LogP contribution in [0.25, 0.3) is 0 Å². The summed E-state index contributed by atoms with van der Waals surface area (Å²) < 4.78 is 0.787. The van der Waals surface area contributed by atoms with Crippen LogP contribution in [0.3, 0.4) is 0 Å². The molecule has 130 valence electrons. The van der Waals surface area contributed by atoms with Crippen LogP contribution in [0.4, 0.5) is 11.4 Å². The summed E-state index contributed by atoms with van der Waals surface area (Å²) in [4.78, 5) is 25.2. The molecule has 0 radical (unpaired) electrons. The summed E-state index contributed by atoms with van der Waals surface area (Å²) in [6.45, 7) is 1.93. The van der Waals surface area contributed by atoms with Gasteiger partial charge in [0.1, 0.15) is 0 Å². The first-order valence-corrected chi connectivity index (χ1v) is 8.87. The van der Waals surface area contributed by atoms with Gasteiger partial charge in [0.25, 0.3) is 11.8 Å². The number of halogens is 1. The Morgan fingerprint density at radius 1 is 0.769 bits per heavy atom. The molecule has 0 atom stereocenters. The highest BCUT2D eigenvalue weighted by Crippen LogP contribution is 2.24. The van der Waals surface area contributed by atoms with Crippen molar-refractivity contribution in [2.45, 2.75) is 6.92 Å². The van der Waals surface area contributed by atoms with Crippen LogP contribution in [0.2, 0.25) is 0 Å². The number of carbonyl (C=O) groups excluding carboxylic acids is 2. The van der Waals surface area contributed by atoms with E-state index in [1.165, 1.54) is 0 Å². The van der Waals surface area contributed by atoms with Crippen LogP contribution < -0.4 is 10.6 Å². The number of amides is 2. The summed E-state index contributed by atoms with van der Waals surface area (Å²) in [7, 11) is 0. The van der Waals surface area contributed by atoms with Crippen LogP contribution in [0.1, 0.15) is 26.3 Å². The van der Waals surface area contributed by atoms with E-state index >= 15 is 0 Å². The maximum Gasteiger partial charge on any atom is 0.257 e. The highest BCUT2D eigenvalue weighted by molar-refractivity contribution is 9.10. The minimum atomic E-state index is -0.294. The number of para-hydroxylation sites is 2. The molecule has 0 aromatic heterocycles. The maximum atomic E-state index is 12.7. The average molecular weight is 409 g/mol. The number of hydrogen-bond acceptors (Lipinski definition) is 2. The van der Waals surface area contributed by atoms with Gasteiger partial charge in [-0.2, -0.15) is 0 Å². The molecular formula is C21H17BrN2O2. The van der Waals surface area contributed by atoms with Crippen molar-refractivity contribution in [2.24, 2.45) is 0 Å². The molecule has 0 saturated carbocycles. The molecule has 26 heavy (non-hydrogen) atoms. The molecule has 0 unspecified atom stereocenters. The van der Waals surface area contributed by atoms with Crippen LogP contribution >= 0.6 is 15.9 Å². The van der Waals surface area contributed by atoms with Gasteiger partial charge in [0.2, 0.25) is 0 Å². The fourth-order valence-corrected chi connectivity index (χ4v) is 2.91. The van der Waals surface area contributed by atoms with Gasteiger partial charge in [0, 0.05) is 10.0 Å². The number of nitrogens with one attached hydrogen (secondary N) is 2. The minimum absolute atomic E-state index is 0.255.